The molecular weight excluding hydrogens is 179 g/mol. The van der Waals surface area contributed by atoms with Gasteiger partial charge in [-0.2, -0.15) is 13.2 Å². The molecule has 0 aliphatic rings. The fraction of sp³-hybridized carbons (Fsp3) is 1.00. The first-order chi connectivity index (χ1) is 5.68. The second kappa shape index (κ2) is 4.31. The third-order valence-corrected chi connectivity index (χ3v) is 2.22. The lowest BCUT2D eigenvalue weighted by Crippen LogP contribution is -2.49. The van der Waals surface area contributed by atoms with Gasteiger partial charge in [0.1, 0.15) is 6.04 Å². The van der Waals surface area contributed by atoms with Crippen molar-refractivity contribution >= 4 is 0 Å². The highest BCUT2D eigenvalue weighted by Crippen LogP contribution is 2.30. The van der Waals surface area contributed by atoms with Gasteiger partial charge in [-0.3, -0.25) is 4.90 Å². The Morgan fingerprint density at radius 1 is 1.00 bits per heavy atom. The maximum atomic E-state index is 12.5. The summed E-state index contributed by atoms with van der Waals surface area (Å²) >= 11 is 0. The number of rotatable bonds is 3. The molecule has 0 rings (SSSR count). The summed E-state index contributed by atoms with van der Waals surface area (Å²) in [6, 6.07) is -1.43. The minimum atomic E-state index is -4.13. The van der Waals surface area contributed by atoms with Crippen molar-refractivity contribution in [2.75, 3.05) is 7.05 Å². The standard InChI is InChI=1S/C9H18F3N/c1-6(2)8(9(10,11)12)13(5)7(3)4/h6-8H,1-5H3/t8-/m1/s1. The highest BCUT2D eigenvalue weighted by atomic mass is 19.4. The van der Waals surface area contributed by atoms with Gasteiger partial charge < -0.3 is 0 Å². The number of nitrogens with zero attached hydrogens (tertiary/aromatic N) is 1. The summed E-state index contributed by atoms with van der Waals surface area (Å²) in [6.07, 6.45) is -4.13. The molecule has 1 atom stereocenters. The first kappa shape index (κ1) is 12.8. The van der Waals surface area contributed by atoms with E-state index in [9.17, 15) is 13.2 Å². The van der Waals surface area contributed by atoms with Crippen molar-refractivity contribution < 1.29 is 13.2 Å². The van der Waals surface area contributed by atoms with E-state index in [0.29, 0.717) is 0 Å². The molecule has 0 aromatic heterocycles. The monoisotopic (exact) mass is 197 g/mol. The molecule has 0 saturated carbocycles. The fourth-order valence-corrected chi connectivity index (χ4v) is 1.40. The van der Waals surface area contributed by atoms with E-state index < -0.39 is 18.1 Å². The normalized spacial score (nSPS) is 15.9. The smallest absolute Gasteiger partial charge is 0.293 e. The van der Waals surface area contributed by atoms with E-state index in [-0.39, 0.29) is 6.04 Å². The largest absolute Gasteiger partial charge is 0.404 e. The van der Waals surface area contributed by atoms with E-state index in [2.05, 4.69) is 0 Å². The molecule has 0 radical (unpaired) electrons. The molecule has 0 N–H and O–H groups in total. The maximum absolute atomic E-state index is 12.5. The molecule has 0 aromatic carbocycles. The zero-order chi connectivity index (χ0) is 10.8. The van der Waals surface area contributed by atoms with Crippen molar-refractivity contribution in [3.8, 4) is 0 Å². The molecule has 13 heavy (non-hydrogen) atoms. The first-order valence-corrected chi connectivity index (χ1v) is 4.46. The van der Waals surface area contributed by atoms with Crippen LogP contribution in [0.2, 0.25) is 0 Å². The average Bonchev–Trinajstić information content (AvgIpc) is 1.82. The summed E-state index contributed by atoms with van der Waals surface area (Å²) in [4.78, 5) is 1.37. The lowest BCUT2D eigenvalue weighted by molar-refractivity contribution is -0.195. The van der Waals surface area contributed by atoms with Crippen molar-refractivity contribution in [3.63, 3.8) is 0 Å². The van der Waals surface area contributed by atoms with E-state index >= 15 is 0 Å². The molecule has 80 valence electrons. The number of hydrogen-bond donors (Lipinski definition) is 0. The SMILES string of the molecule is CC(C)[C@@H](N(C)C(C)C)C(F)(F)F. The molecule has 0 unspecified atom stereocenters. The van der Waals surface area contributed by atoms with Gasteiger partial charge in [-0.1, -0.05) is 13.8 Å². The molecule has 0 aliphatic carbocycles. The zero-order valence-corrected chi connectivity index (χ0v) is 8.81. The number of alkyl halides is 3. The van der Waals surface area contributed by atoms with Crippen LogP contribution >= 0.6 is 0 Å². The van der Waals surface area contributed by atoms with Crippen molar-refractivity contribution in [3.05, 3.63) is 0 Å². The minimum absolute atomic E-state index is 0.0889. The van der Waals surface area contributed by atoms with Crippen LogP contribution in [0.1, 0.15) is 27.7 Å². The van der Waals surface area contributed by atoms with E-state index in [1.807, 2.05) is 0 Å². The van der Waals surface area contributed by atoms with Gasteiger partial charge in [0, 0.05) is 6.04 Å². The van der Waals surface area contributed by atoms with Gasteiger partial charge >= 0.3 is 6.18 Å². The predicted molar refractivity (Wildman–Crippen MR) is 47.6 cm³/mol. The summed E-state index contributed by atoms with van der Waals surface area (Å²) in [5, 5.41) is 0. The Labute approximate surface area is 77.9 Å². The fourth-order valence-electron chi connectivity index (χ4n) is 1.40. The number of halogens is 3. The van der Waals surface area contributed by atoms with Crippen LogP contribution < -0.4 is 0 Å². The predicted octanol–water partition coefficient (Wildman–Crippen LogP) is 2.91. The molecule has 4 heteroatoms. The highest BCUT2D eigenvalue weighted by Gasteiger charge is 2.44. The van der Waals surface area contributed by atoms with E-state index in [1.165, 1.54) is 11.9 Å². The molecular formula is C9H18F3N. The third kappa shape index (κ3) is 3.55. The van der Waals surface area contributed by atoms with E-state index in [4.69, 9.17) is 0 Å². The zero-order valence-electron chi connectivity index (χ0n) is 8.81. The summed E-state index contributed by atoms with van der Waals surface area (Å²) in [5.74, 6) is -0.410. The van der Waals surface area contributed by atoms with Crippen LogP contribution in [-0.2, 0) is 0 Å². The van der Waals surface area contributed by atoms with Gasteiger partial charge in [0.15, 0.2) is 0 Å². The topological polar surface area (TPSA) is 3.24 Å². The van der Waals surface area contributed by atoms with Crippen molar-refractivity contribution in [2.24, 2.45) is 5.92 Å². The summed E-state index contributed by atoms with van der Waals surface area (Å²) < 4.78 is 37.6. The molecule has 0 saturated heterocycles. The summed E-state index contributed by atoms with van der Waals surface area (Å²) in [7, 11) is 1.52. The quantitative estimate of drug-likeness (QED) is 0.672. The Morgan fingerprint density at radius 3 is 1.46 bits per heavy atom. The van der Waals surface area contributed by atoms with Crippen LogP contribution in [0.4, 0.5) is 13.2 Å². The lowest BCUT2D eigenvalue weighted by atomic mass is 10.0. The summed E-state index contributed by atoms with van der Waals surface area (Å²) in [6.45, 7) is 6.72. The molecule has 0 aliphatic heterocycles. The maximum Gasteiger partial charge on any atom is 0.404 e. The summed E-state index contributed by atoms with van der Waals surface area (Å²) in [5.41, 5.74) is 0. The van der Waals surface area contributed by atoms with E-state index in [1.54, 1.807) is 27.7 Å². The Hall–Kier alpha value is -0.250. The van der Waals surface area contributed by atoms with Crippen LogP contribution in [0.25, 0.3) is 0 Å². The first-order valence-electron chi connectivity index (χ1n) is 4.46. The third-order valence-electron chi connectivity index (χ3n) is 2.22. The second-order valence-corrected chi connectivity index (χ2v) is 3.99. The molecule has 0 heterocycles. The molecule has 0 aromatic rings. The molecule has 0 spiro atoms. The minimum Gasteiger partial charge on any atom is -0.293 e. The molecule has 0 amide bonds. The Morgan fingerprint density at radius 2 is 1.38 bits per heavy atom. The second-order valence-electron chi connectivity index (χ2n) is 3.99. The Kier molecular flexibility index (Phi) is 4.23. The van der Waals surface area contributed by atoms with Crippen LogP contribution in [0, 0.1) is 5.92 Å². The van der Waals surface area contributed by atoms with Crippen LogP contribution in [0.15, 0.2) is 0 Å². The van der Waals surface area contributed by atoms with Gasteiger partial charge in [0.2, 0.25) is 0 Å². The average molecular weight is 197 g/mol. The van der Waals surface area contributed by atoms with Gasteiger partial charge in [-0.25, -0.2) is 0 Å². The lowest BCUT2D eigenvalue weighted by Gasteiger charge is -2.35. The molecule has 0 fully saturated rings. The van der Waals surface area contributed by atoms with Crippen molar-refractivity contribution in [1.29, 1.82) is 0 Å². The van der Waals surface area contributed by atoms with Crippen molar-refractivity contribution in [1.82, 2.24) is 4.90 Å². The Balaban J connectivity index is 4.62. The van der Waals surface area contributed by atoms with Crippen LogP contribution in [0.5, 0.6) is 0 Å². The van der Waals surface area contributed by atoms with Gasteiger partial charge in [-0.15, -0.1) is 0 Å². The van der Waals surface area contributed by atoms with Gasteiger partial charge in [0.05, 0.1) is 0 Å². The van der Waals surface area contributed by atoms with Crippen LogP contribution in [0.3, 0.4) is 0 Å². The molecule has 1 nitrogen and oxygen atoms in total. The highest BCUT2D eigenvalue weighted by molar-refractivity contribution is 4.81. The van der Waals surface area contributed by atoms with Gasteiger partial charge in [-0.05, 0) is 26.8 Å². The Bertz CT molecular complexity index is 151. The van der Waals surface area contributed by atoms with E-state index in [0.717, 1.165) is 0 Å². The van der Waals surface area contributed by atoms with Crippen molar-refractivity contribution in [2.45, 2.75) is 46.0 Å². The molecule has 0 bridgehead atoms. The van der Waals surface area contributed by atoms with Crippen LogP contribution in [-0.4, -0.2) is 30.2 Å². The van der Waals surface area contributed by atoms with Gasteiger partial charge in [0.25, 0.3) is 0 Å². The number of hydrogen-bond acceptors (Lipinski definition) is 1.